The van der Waals surface area contributed by atoms with Crippen molar-refractivity contribution in [3.63, 3.8) is 0 Å². The van der Waals surface area contributed by atoms with Crippen molar-refractivity contribution in [1.82, 2.24) is 4.98 Å². The normalized spacial score (nSPS) is 14.4. The van der Waals surface area contributed by atoms with Crippen LogP contribution < -0.4 is 5.73 Å². The van der Waals surface area contributed by atoms with E-state index in [1.807, 2.05) is 30.3 Å². The summed E-state index contributed by atoms with van der Waals surface area (Å²) in [7, 11) is 0. The van der Waals surface area contributed by atoms with Crippen molar-refractivity contribution in [2.45, 2.75) is 18.9 Å². The number of rotatable bonds is 3. The molecule has 1 unspecified atom stereocenters. The number of hydrogen-bond acceptors (Lipinski definition) is 2. The van der Waals surface area contributed by atoms with E-state index >= 15 is 0 Å². The maximum atomic E-state index is 6.35. The fourth-order valence-corrected chi connectivity index (χ4v) is 1.85. The molecule has 0 saturated heterocycles. The Morgan fingerprint density at radius 2 is 1.69 bits per heavy atom. The smallest absolute Gasteiger partial charge is 0.0421 e. The van der Waals surface area contributed by atoms with E-state index in [4.69, 9.17) is 5.73 Å². The van der Waals surface area contributed by atoms with Gasteiger partial charge in [0.25, 0.3) is 0 Å². The maximum Gasteiger partial charge on any atom is 0.0421 e. The van der Waals surface area contributed by atoms with Gasteiger partial charge in [0.15, 0.2) is 0 Å². The van der Waals surface area contributed by atoms with Crippen LogP contribution in [-0.4, -0.2) is 4.98 Å². The highest BCUT2D eigenvalue weighted by atomic mass is 14.7. The van der Waals surface area contributed by atoms with Gasteiger partial charge in [-0.05, 0) is 36.6 Å². The molecule has 0 aliphatic carbocycles. The van der Waals surface area contributed by atoms with Crippen LogP contribution >= 0.6 is 0 Å². The second kappa shape index (κ2) is 4.45. The first-order valence-electron chi connectivity index (χ1n) is 5.42. The molecule has 1 aromatic heterocycles. The fraction of sp³-hybridized carbons (Fsp3) is 0.214. The summed E-state index contributed by atoms with van der Waals surface area (Å²) >= 11 is 0. The summed E-state index contributed by atoms with van der Waals surface area (Å²) in [5, 5.41) is 0. The summed E-state index contributed by atoms with van der Waals surface area (Å²) in [6, 6.07) is 14.2. The van der Waals surface area contributed by atoms with Gasteiger partial charge in [0.1, 0.15) is 0 Å². The van der Waals surface area contributed by atoms with Crippen molar-refractivity contribution < 1.29 is 0 Å². The largest absolute Gasteiger partial charge is 0.321 e. The first-order chi connectivity index (χ1) is 7.68. The van der Waals surface area contributed by atoms with E-state index in [2.05, 4.69) is 24.0 Å². The summed E-state index contributed by atoms with van der Waals surface area (Å²) in [6.07, 6.45) is 4.42. The molecule has 0 spiro atoms. The Kier molecular flexibility index (Phi) is 3.02. The van der Waals surface area contributed by atoms with Gasteiger partial charge < -0.3 is 5.73 Å². The lowest BCUT2D eigenvalue weighted by atomic mass is 9.87. The highest BCUT2D eigenvalue weighted by molar-refractivity contribution is 5.26. The minimum Gasteiger partial charge on any atom is -0.321 e. The molecule has 16 heavy (non-hydrogen) atoms. The fourth-order valence-electron chi connectivity index (χ4n) is 1.85. The Balaban J connectivity index is 2.21. The predicted octanol–water partition coefficient (Wildman–Crippen LogP) is 2.50. The van der Waals surface area contributed by atoms with Crippen LogP contribution in [-0.2, 0) is 12.0 Å². The lowest BCUT2D eigenvalue weighted by Crippen LogP contribution is -2.35. The predicted molar refractivity (Wildman–Crippen MR) is 65.9 cm³/mol. The molecule has 0 bridgehead atoms. The van der Waals surface area contributed by atoms with Gasteiger partial charge in [-0.2, -0.15) is 0 Å². The lowest BCUT2D eigenvalue weighted by Gasteiger charge is -2.25. The number of nitrogens with zero attached hydrogens (tertiary/aromatic N) is 1. The number of nitrogens with two attached hydrogens (primary N) is 1. The third kappa shape index (κ3) is 2.47. The summed E-state index contributed by atoms with van der Waals surface area (Å²) in [6.45, 7) is 2.06. The minimum absolute atomic E-state index is 0.331. The van der Waals surface area contributed by atoms with Gasteiger partial charge in [-0.3, -0.25) is 4.98 Å². The molecule has 82 valence electrons. The molecule has 2 N–H and O–H groups in total. The zero-order chi connectivity index (χ0) is 11.4. The van der Waals surface area contributed by atoms with E-state index in [9.17, 15) is 0 Å². The molecule has 2 heteroatoms. The van der Waals surface area contributed by atoms with Crippen LogP contribution in [0.1, 0.15) is 18.1 Å². The van der Waals surface area contributed by atoms with E-state index in [1.54, 1.807) is 12.4 Å². The van der Waals surface area contributed by atoms with Gasteiger partial charge in [0, 0.05) is 17.9 Å². The summed E-state index contributed by atoms with van der Waals surface area (Å²) in [5.74, 6) is 0. The molecule has 1 heterocycles. The summed E-state index contributed by atoms with van der Waals surface area (Å²) in [5.41, 5.74) is 8.39. The summed E-state index contributed by atoms with van der Waals surface area (Å²) < 4.78 is 0. The molecule has 2 rings (SSSR count). The van der Waals surface area contributed by atoms with E-state index in [1.165, 1.54) is 5.56 Å². The number of hydrogen-bond donors (Lipinski definition) is 1. The van der Waals surface area contributed by atoms with Crippen molar-refractivity contribution in [2.24, 2.45) is 5.73 Å². The zero-order valence-electron chi connectivity index (χ0n) is 9.43. The van der Waals surface area contributed by atoms with Gasteiger partial charge in [-0.1, -0.05) is 30.3 Å². The molecule has 0 radical (unpaired) electrons. The van der Waals surface area contributed by atoms with Crippen molar-refractivity contribution in [1.29, 1.82) is 0 Å². The first-order valence-corrected chi connectivity index (χ1v) is 5.42. The van der Waals surface area contributed by atoms with Crippen molar-refractivity contribution in [3.05, 3.63) is 66.0 Å². The average molecular weight is 212 g/mol. The second-order valence-corrected chi connectivity index (χ2v) is 4.32. The zero-order valence-corrected chi connectivity index (χ0v) is 9.43. The Bertz CT molecular complexity index is 435. The molecule has 1 aromatic carbocycles. The standard InChI is InChI=1S/C14H16N2/c1-14(15,13-5-3-2-4-6-13)11-12-7-9-16-10-8-12/h2-10H,11,15H2,1H3. The molecular formula is C14H16N2. The second-order valence-electron chi connectivity index (χ2n) is 4.32. The molecule has 2 aromatic rings. The van der Waals surface area contributed by atoms with Crippen LogP contribution in [0.25, 0.3) is 0 Å². The van der Waals surface area contributed by atoms with Gasteiger partial charge in [-0.25, -0.2) is 0 Å². The molecule has 2 nitrogen and oxygen atoms in total. The van der Waals surface area contributed by atoms with Crippen LogP contribution in [0, 0.1) is 0 Å². The van der Waals surface area contributed by atoms with E-state index < -0.39 is 0 Å². The molecule has 0 saturated carbocycles. The van der Waals surface area contributed by atoms with E-state index in [0.29, 0.717) is 0 Å². The minimum atomic E-state index is -0.331. The number of benzene rings is 1. The SMILES string of the molecule is CC(N)(Cc1ccncc1)c1ccccc1. The molecule has 0 aliphatic heterocycles. The average Bonchev–Trinajstić information content (AvgIpc) is 2.31. The van der Waals surface area contributed by atoms with Gasteiger partial charge >= 0.3 is 0 Å². The van der Waals surface area contributed by atoms with Crippen LogP contribution in [0.15, 0.2) is 54.9 Å². The van der Waals surface area contributed by atoms with Crippen LogP contribution in [0.4, 0.5) is 0 Å². The Morgan fingerprint density at radius 1 is 1.06 bits per heavy atom. The van der Waals surface area contributed by atoms with E-state index in [0.717, 1.165) is 12.0 Å². The molecule has 0 fully saturated rings. The Hall–Kier alpha value is -1.67. The molecule has 0 aliphatic rings. The molecular weight excluding hydrogens is 196 g/mol. The third-order valence-electron chi connectivity index (χ3n) is 2.75. The molecule has 1 atom stereocenters. The number of aromatic nitrogens is 1. The number of pyridine rings is 1. The van der Waals surface area contributed by atoms with E-state index in [-0.39, 0.29) is 5.54 Å². The topological polar surface area (TPSA) is 38.9 Å². The third-order valence-corrected chi connectivity index (χ3v) is 2.75. The van der Waals surface area contributed by atoms with Gasteiger partial charge in [-0.15, -0.1) is 0 Å². The highest BCUT2D eigenvalue weighted by Gasteiger charge is 2.20. The molecule has 0 amide bonds. The van der Waals surface area contributed by atoms with Gasteiger partial charge in [0.05, 0.1) is 0 Å². The van der Waals surface area contributed by atoms with Crippen LogP contribution in [0.3, 0.4) is 0 Å². The quantitative estimate of drug-likeness (QED) is 0.849. The van der Waals surface area contributed by atoms with Gasteiger partial charge in [0.2, 0.25) is 0 Å². The highest BCUT2D eigenvalue weighted by Crippen LogP contribution is 2.21. The monoisotopic (exact) mass is 212 g/mol. The van der Waals surface area contributed by atoms with Crippen molar-refractivity contribution >= 4 is 0 Å². The maximum absolute atomic E-state index is 6.35. The Labute approximate surface area is 96.1 Å². The first kappa shape index (κ1) is 10.8. The lowest BCUT2D eigenvalue weighted by molar-refractivity contribution is 0.491. The van der Waals surface area contributed by atoms with Crippen LogP contribution in [0.5, 0.6) is 0 Å². The van der Waals surface area contributed by atoms with Crippen molar-refractivity contribution in [2.75, 3.05) is 0 Å². The van der Waals surface area contributed by atoms with Crippen molar-refractivity contribution in [3.8, 4) is 0 Å². The Morgan fingerprint density at radius 3 is 2.31 bits per heavy atom. The van der Waals surface area contributed by atoms with Crippen LogP contribution in [0.2, 0.25) is 0 Å². The summed E-state index contributed by atoms with van der Waals surface area (Å²) in [4.78, 5) is 4.01.